The average Bonchev–Trinajstić information content (AvgIpc) is 3.65. The van der Waals surface area contributed by atoms with Crippen LogP contribution in [0.15, 0.2) is 176 Å². The standard InChI is InChI=1S/C46H29N3/c1-3-15-30(16-4-1)33-19-7-8-23-38(33)45-48-43(31-17-5-2-6-18-31)47-44(49-45)32-27-28-37-36-22-11-14-26-41(36)46(42(37)29-32)39-24-12-9-20-34(39)35-21-10-13-25-40(35)46/h1-29H. The molecule has 0 bridgehead atoms. The minimum absolute atomic E-state index is 0.437. The topological polar surface area (TPSA) is 38.7 Å². The highest BCUT2D eigenvalue weighted by molar-refractivity contribution is 5.95. The second kappa shape index (κ2) is 10.8. The number of nitrogens with zero attached hydrogens (tertiary/aromatic N) is 3. The SMILES string of the molecule is c1ccc(-c2nc(-c3ccc4c(c3)C3(c5ccccc5-c5ccccc53)c3ccccc3-4)nc(-c3ccccc3-c3ccccc3)n2)cc1. The zero-order chi connectivity index (χ0) is 32.4. The molecule has 0 unspecified atom stereocenters. The van der Waals surface area contributed by atoms with Crippen LogP contribution in [0.3, 0.4) is 0 Å². The molecular weight excluding hydrogens is 595 g/mol. The molecule has 3 heteroatoms. The van der Waals surface area contributed by atoms with Crippen molar-refractivity contribution >= 4 is 0 Å². The highest BCUT2D eigenvalue weighted by Crippen LogP contribution is 2.62. The first-order chi connectivity index (χ1) is 24.3. The summed E-state index contributed by atoms with van der Waals surface area (Å²) in [4.78, 5) is 15.5. The number of aromatic nitrogens is 3. The molecule has 0 saturated carbocycles. The first kappa shape index (κ1) is 27.6. The summed E-state index contributed by atoms with van der Waals surface area (Å²) in [7, 11) is 0. The Kier molecular flexibility index (Phi) is 6.09. The van der Waals surface area contributed by atoms with Crippen LogP contribution in [0.5, 0.6) is 0 Å². The number of hydrogen-bond donors (Lipinski definition) is 0. The van der Waals surface area contributed by atoms with Gasteiger partial charge in [-0.25, -0.2) is 15.0 Å². The quantitative estimate of drug-likeness (QED) is 0.196. The molecule has 0 amide bonds. The molecule has 1 aromatic heterocycles. The van der Waals surface area contributed by atoms with Gasteiger partial charge in [0.15, 0.2) is 17.5 Å². The lowest BCUT2D eigenvalue weighted by molar-refractivity contribution is 0.794. The molecule has 0 saturated heterocycles. The summed E-state index contributed by atoms with van der Waals surface area (Å²) in [6.07, 6.45) is 0. The lowest BCUT2D eigenvalue weighted by Gasteiger charge is -2.30. The van der Waals surface area contributed by atoms with Gasteiger partial charge in [0, 0.05) is 16.7 Å². The van der Waals surface area contributed by atoms with Crippen LogP contribution < -0.4 is 0 Å². The average molecular weight is 624 g/mol. The Labute approximate surface area is 285 Å². The normalized spacial score (nSPS) is 13.1. The molecule has 0 N–H and O–H groups in total. The second-order valence-electron chi connectivity index (χ2n) is 12.7. The molecule has 2 aliphatic rings. The monoisotopic (exact) mass is 623 g/mol. The molecule has 1 spiro atoms. The van der Waals surface area contributed by atoms with Crippen LogP contribution >= 0.6 is 0 Å². The smallest absolute Gasteiger partial charge is 0.164 e. The summed E-state index contributed by atoms with van der Waals surface area (Å²) < 4.78 is 0. The summed E-state index contributed by atoms with van der Waals surface area (Å²) in [5.41, 5.74) is 15.0. The van der Waals surface area contributed by atoms with E-state index in [-0.39, 0.29) is 0 Å². The van der Waals surface area contributed by atoms with Crippen molar-refractivity contribution in [2.75, 3.05) is 0 Å². The third kappa shape index (κ3) is 4.06. The van der Waals surface area contributed by atoms with Crippen molar-refractivity contribution in [1.29, 1.82) is 0 Å². The Balaban J connectivity index is 1.23. The molecule has 8 aromatic rings. The Morgan fingerprint density at radius 1 is 0.265 bits per heavy atom. The molecule has 10 rings (SSSR count). The zero-order valence-electron chi connectivity index (χ0n) is 26.6. The van der Waals surface area contributed by atoms with Crippen LogP contribution in [-0.2, 0) is 5.41 Å². The summed E-state index contributed by atoms with van der Waals surface area (Å²) in [6.45, 7) is 0. The van der Waals surface area contributed by atoms with Crippen LogP contribution in [0.2, 0.25) is 0 Å². The predicted octanol–water partition coefficient (Wildman–Crippen LogP) is 10.9. The van der Waals surface area contributed by atoms with E-state index in [4.69, 9.17) is 15.0 Å². The Bertz CT molecular complexity index is 2490. The maximum Gasteiger partial charge on any atom is 0.164 e. The summed E-state index contributed by atoms with van der Waals surface area (Å²) in [6, 6.07) is 62.5. The van der Waals surface area contributed by atoms with E-state index in [0.29, 0.717) is 17.5 Å². The van der Waals surface area contributed by atoms with Gasteiger partial charge in [0.25, 0.3) is 0 Å². The van der Waals surface area contributed by atoms with Crippen molar-refractivity contribution in [3.8, 4) is 67.5 Å². The Morgan fingerprint density at radius 2 is 0.673 bits per heavy atom. The van der Waals surface area contributed by atoms with Gasteiger partial charge in [-0.3, -0.25) is 0 Å². The maximum absolute atomic E-state index is 5.24. The lowest BCUT2D eigenvalue weighted by atomic mass is 9.70. The third-order valence-electron chi connectivity index (χ3n) is 10.2. The van der Waals surface area contributed by atoms with Crippen LogP contribution in [-0.4, -0.2) is 15.0 Å². The highest BCUT2D eigenvalue weighted by Gasteiger charge is 2.51. The van der Waals surface area contributed by atoms with Gasteiger partial charge in [-0.1, -0.05) is 170 Å². The van der Waals surface area contributed by atoms with E-state index >= 15 is 0 Å². The molecule has 7 aromatic carbocycles. The van der Waals surface area contributed by atoms with E-state index in [9.17, 15) is 0 Å². The van der Waals surface area contributed by atoms with Gasteiger partial charge in [-0.15, -0.1) is 0 Å². The van der Waals surface area contributed by atoms with Crippen LogP contribution in [0.4, 0.5) is 0 Å². The minimum Gasteiger partial charge on any atom is -0.208 e. The van der Waals surface area contributed by atoms with Crippen molar-refractivity contribution in [1.82, 2.24) is 15.0 Å². The molecule has 0 fully saturated rings. The number of rotatable bonds is 4. The van der Waals surface area contributed by atoms with E-state index in [1.807, 2.05) is 24.3 Å². The van der Waals surface area contributed by atoms with Crippen LogP contribution in [0.25, 0.3) is 67.5 Å². The molecule has 0 radical (unpaired) electrons. The van der Waals surface area contributed by atoms with Crippen molar-refractivity contribution < 1.29 is 0 Å². The molecule has 2 aliphatic carbocycles. The van der Waals surface area contributed by atoms with Crippen molar-refractivity contribution in [3.05, 3.63) is 198 Å². The number of benzene rings is 7. The van der Waals surface area contributed by atoms with Gasteiger partial charge < -0.3 is 0 Å². The van der Waals surface area contributed by atoms with E-state index in [0.717, 1.165) is 27.8 Å². The molecule has 0 atom stereocenters. The summed E-state index contributed by atoms with van der Waals surface area (Å²) in [5.74, 6) is 1.96. The number of hydrogen-bond acceptors (Lipinski definition) is 3. The van der Waals surface area contributed by atoms with Crippen molar-refractivity contribution in [2.45, 2.75) is 5.41 Å². The zero-order valence-corrected chi connectivity index (χ0v) is 26.6. The fourth-order valence-corrected chi connectivity index (χ4v) is 8.12. The highest BCUT2D eigenvalue weighted by atomic mass is 15.0. The van der Waals surface area contributed by atoms with Gasteiger partial charge in [-0.05, 0) is 61.7 Å². The molecular formula is C46H29N3. The number of fused-ring (bicyclic) bond motifs is 10. The Hall–Kier alpha value is -6.45. The van der Waals surface area contributed by atoms with E-state index in [1.54, 1.807) is 0 Å². The van der Waals surface area contributed by atoms with Gasteiger partial charge in [0.2, 0.25) is 0 Å². The van der Waals surface area contributed by atoms with Crippen LogP contribution in [0.1, 0.15) is 22.3 Å². The predicted molar refractivity (Wildman–Crippen MR) is 198 cm³/mol. The molecule has 1 heterocycles. The van der Waals surface area contributed by atoms with Crippen LogP contribution in [0, 0.1) is 0 Å². The molecule has 228 valence electrons. The van der Waals surface area contributed by atoms with Gasteiger partial charge in [-0.2, -0.15) is 0 Å². The van der Waals surface area contributed by atoms with Gasteiger partial charge in [0.05, 0.1) is 5.41 Å². The molecule has 0 aliphatic heterocycles. The fraction of sp³-hybridized carbons (Fsp3) is 0.0217. The maximum atomic E-state index is 5.24. The summed E-state index contributed by atoms with van der Waals surface area (Å²) in [5, 5.41) is 0. The van der Waals surface area contributed by atoms with Gasteiger partial charge in [0.1, 0.15) is 0 Å². The van der Waals surface area contributed by atoms with E-state index in [1.165, 1.54) is 44.5 Å². The van der Waals surface area contributed by atoms with Crippen molar-refractivity contribution in [3.63, 3.8) is 0 Å². The largest absolute Gasteiger partial charge is 0.208 e. The van der Waals surface area contributed by atoms with Gasteiger partial charge >= 0.3 is 0 Å². The minimum atomic E-state index is -0.437. The lowest BCUT2D eigenvalue weighted by Crippen LogP contribution is -2.25. The first-order valence-electron chi connectivity index (χ1n) is 16.7. The Morgan fingerprint density at radius 3 is 1.24 bits per heavy atom. The second-order valence-corrected chi connectivity index (χ2v) is 12.7. The first-order valence-corrected chi connectivity index (χ1v) is 16.7. The molecule has 3 nitrogen and oxygen atoms in total. The summed E-state index contributed by atoms with van der Waals surface area (Å²) >= 11 is 0. The van der Waals surface area contributed by atoms with Crippen molar-refractivity contribution in [2.24, 2.45) is 0 Å². The van der Waals surface area contributed by atoms with E-state index in [2.05, 4.69) is 152 Å². The van der Waals surface area contributed by atoms with E-state index < -0.39 is 5.41 Å². The third-order valence-corrected chi connectivity index (χ3v) is 10.2. The fourth-order valence-electron chi connectivity index (χ4n) is 8.12. The molecule has 49 heavy (non-hydrogen) atoms.